The fraction of sp³-hybridized carbons (Fsp3) is 0.483. The summed E-state index contributed by atoms with van der Waals surface area (Å²) in [5, 5.41) is 15.4. The Bertz CT molecular complexity index is 1190. The van der Waals surface area contributed by atoms with Gasteiger partial charge in [0.2, 0.25) is 17.7 Å². The summed E-state index contributed by atoms with van der Waals surface area (Å²) in [5.74, 6) is -2.22. The molecule has 3 aliphatic heterocycles. The highest BCUT2D eigenvalue weighted by molar-refractivity contribution is 6.34. The van der Waals surface area contributed by atoms with Gasteiger partial charge in [-0.05, 0) is 56.4 Å². The van der Waals surface area contributed by atoms with Crippen LogP contribution in [-0.4, -0.2) is 58.6 Å². The van der Waals surface area contributed by atoms with E-state index in [1.807, 2.05) is 37.3 Å². The average molecular weight is 540 g/mol. The molecule has 0 aromatic heterocycles. The topological polar surface area (TPSA) is 108 Å². The maximum Gasteiger partial charge on any atom is 0.250 e. The van der Waals surface area contributed by atoms with Gasteiger partial charge in [0, 0.05) is 18.8 Å². The maximum atomic E-state index is 14.0. The Morgan fingerprint density at radius 3 is 2.55 bits per heavy atom. The second-order valence-electron chi connectivity index (χ2n) is 10.5. The fourth-order valence-corrected chi connectivity index (χ4v) is 6.74. The van der Waals surface area contributed by atoms with E-state index in [9.17, 15) is 14.4 Å². The predicted octanol–water partition coefficient (Wildman–Crippen LogP) is 4.15. The monoisotopic (exact) mass is 539 g/mol. The highest BCUT2D eigenvalue weighted by Gasteiger charge is 2.74. The van der Waals surface area contributed by atoms with Gasteiger partial charge in [-0.25, -0.2) is 0 Å². The number of likely N-dealkylation sites (tertiary alicyclic amines) is 1. The number of aliphatic hydroxyl groups is 1. The van der Waals surface area contributed by atoms with Crippen LogP contribution in [0.25, 0.3) is 0 Å². The number of para-hydroxylation sites is 2. The number of anilines is 2. The fourth-order valence-electron chi connectivity index (χ4n) is 6.47. The molecule has 2 aromatic carbocycles. The summed E-state index contributed by atoms with van der Waals surface area (Å²) in [6.45, 7) is 2.37. The number of fused-ring (bicyclic) bond motifs is 1. The van der Waals surface area contributed by atoms with E-state index in [0.29, 0.717) is 48.6 Å². The summed E-state index contributed by atoms with van der Waals surface area (Å²) in [6.07, 6.45) is 3.76. The van der Waals surface area contributed by atoms with E-state index in [4.69, 9.17) is 21.4 Å². The Hall–Kier alpha value is -2.94. The SMILES string of the molecule is Cc1cccc(Cl)c1NC(=O)C1N(CCCCCCO)C(=O)[C@@H]2[C@@H](C(=O)Nc3ccccc3)[C@H]3CCC12O3. The molecule has 0 radical (unpaired) electrons. The minimum atomic E-state index is -1.06. The van der Waals surface area contributed by atoms with Gasteiger partial charge in [-0.2, -0.15) is 0 Å². The number of unbranched alkanes of at least 4 members (excludes halogenated alkanes) is 3. The molecule has 0 aliphatic carbocycles. The first kappa shape index (κ1) is 26.7. The number of hydrogen-bond acceptors (Lipinski definition) is 5. The zero-order chi connectivity index (χ0) is 26.9. The highest BCUT2D eigenvalue weighted by Crippen LogP contribution is 2.58. The molecule has 5 atom stereocenters. The number of halogens is 1. The molecule has 3 fully saturated rings. The van der Waals surface area contributed by atoms with E-state index in [0.717, 1.165) is 18.4 Å². The molecule has 3 amide bonds. The van der Waals surface area contributed by atoms with Crippen LogP contribution in [0.2, 0.25) is 5.02 Å². The van der Waals surface area contributed by atoms with Gasteiger partial charge in [-0.15, -0.1) is 0 Å². The first-order valence-corrected chi connectivity index (χ1v) is 13.8. The molecule has 2 unspecified atom stereocenters. The number of nitrogens with zero attached hydrogens (tertiary/aromatic N) is 1. The normalized spacial score (nSPS) is 27.4. The van der Waals surface area contributed by atoms with E-state index in [2.05, 4.69) is 10.6 Å². The minimum absolute atomic E-state index is 0.128. The summed E-state index contributed by atoms with van der Waals surface area (Å²) < 4.78 is 6.48. The number of hydrogen-bond donors (Lipinski definition) is 3. The Morgan fingerprint density at radius 2 is 1.82 bits per heavy atom. The number of amides is 3. The van der Waals surface area contributed by atoms with Gasteiger partial charge in [0.1, 0.15) is 11.6 Å². The van der Waals surface area contributed by atoms with Crippen molar-refractivity contribution in [3.63, 3.8) is 0 Å². The van der Waals surface area contributed by atoms with Gasteiger partial charge in [0.25, 0.3) is 0 Å². The Balaban J connectivity index is 1.44. The van der Waals surface area contributed by atoms with Crippen LogP contribution in [0.1, 0.15) is 44.1 Å². The molecule has 3 aliphatic rings. The van der Waals surface area contributed by atoms with Gasteiger partial charge in [-0.1, -0.05) is 54.8 Å². The van der Waals surface area contributed by atoms with Gasteiger partial charge in [-0.3, -0.25) is 14.4 Å². The van der Waals surface area contributed by atoms with E-state index in [1.165, 1.54) is 0 Å². The lowest BCUT2D eigenvalue weighted by atomic mass is 9.70. The molecule has 2 bridgehead atoms. The van der Waals surface area contributed by atoms with E-state index in [-0.39, 0.29) is 24.3 Å². The zero-order valence-electron chi connectivity index (χ0n) is 21.5. The van der Waals surface area contributed by atoms with E-state index < -0.39 is 29.6 Å². The number of benzene rings is 2. The van der Waals surface area contributed by atoms with Crippen LogP contribution in [0.4, 0.5) is 11.4 Å². The molecule has 202 valence electrons. The quantitative estimate of drug-likeness (QED) is 0.393. The minimum Gasteiger partial charge on any atom is -0.396 e. The summed E-state index contributed by atoms with van der Waals surface area (Å²) in [7, 11) is 0. The third-order valence-electron chi connectivity index (χ3n) is 8.17. The van der Waals surface area contributed by atoms with Crippen molar-refractivity contribution < 1.29 is 24.2 Å². The predicted molar refractivity (Wildman–Crippen MR) is 145 cm³/mol. The van der Waals surface area contributed by atoms with Crippen LogP contribution >= 0.6 is 11.6 Å². The van der Waals surface area contributed by atoms with Crippen LogP contribution < -0.4 is 10.6 Å². The average Bonchev–Trinajstić information content (AvgIpc) is 3.54. The lowest BCUT2D eigenvalue weighted by Crippen LogP contribution is -2.53. The summed E-state index contributed by atoms with van der Waals surface area (Å²) in [6, 6.07) is 13.7. The van der Waals surface area contributed by atoms with Crippen molar-refractivity contribution in [3.05, 3.63) is 59.1 Å². The number of nitrogens with one attached hydrogen (secondary N) is 2. The molecule has 5 rings (SSSR count). The van der Waals surface area contributed by atoms with Crippen molar-refractivity contribution in [2.24, 2.45) is 11.8 Å². The molecule has 3 heterocycles. The van der Waals surface area contributed by atoms with Crippen molar-refractivity contribution in [3.8, 4) is 0 Å². The lowest BCUT2D eigenvalue weighted by Gasteiger charge is -2.33. The molecule has 0 saturated carbocycles. The molecule has 2 aromatic rings. The smallest absolute Gasteiger partial charge is 0.250 e. The van der Waals surface area contributed by atoms with Gasteiger partial charge in [0.15, 0.2) is 0 Å². The maximum absolute atomic E-state index is 14.0. The number of rotatable bonds is 10. The largest absolute Gasteiger partial charge is 0.396 e. The summed E-state index contributed by atoms with van der Waals surface area (Å²) in [5.41, 5.74) is 0.922. The molecule has 3 saturated heterocycles. The third kappa shape index (κ3) is 4.70. The molecule has 38 heavy (non-hydrogen) atoms. The Morgan fingerprint density at radius 1 is 1.05 bits per heavy atom. The number of aliphatic hydroxyl groups excluding tert-OH is 1. The van der Waals surface area contributed by atoms with Crippen molar-refractivity contribution >= 4 is 40.7 Å². The van der Waals surface area contributed by atoms with Gasteiger partial charge >= 0.3 is 0 Å². The summed E-state index contributed by atoms with van der Waals surface area (Å²) in [4.78, 5) is 43.0. The van der Waals surface area contributed by atoms with Crippen molar-refractivity contribution in [1.29, 1.82) is 0 Å². The molecular formula is C29H34ClN3O5. The lowest BCUT2D eigenvalue weighted by molar-refractivity contribution is -0.139. The van der Waals surface area contributed by atoms with Crippen LogP contribution in [-0.2, 0) is 19.1 Å². The van der Waals surface area contributed by atoms with E-state index >= 15 is 0 Å². The van der Waals surface area contributed by atoms with Gasteiger partial charge < -0.3 is 25.4 Å². The van der Waals surface area contributed by atoms with Crippen LogP contribution in [0.3, 0.4) is 0 Å². The summed E-state index contributed by atoms with van der Waals surface area (Å²) >= 11 is 6.41. The van der Waals surface area contributed by atoms with Gasteiger partial charge in [0.05, 0.1) is 28.6 Å². The number of ether oxygens (including phenoxy) is 1. The van der Waals surface area contributed by atoms with E-state index in [1.54, 1.807) is 23.1 Å². The third-order valence-corrected chi connectivity index (χ3v) is 8.48. The van der Waals surface area contributed by atoms with Crippen LogP contribution in [0.5, 0.6) is 0 Å². The molecule has 3 N–H and O–H groups in total. The highest BCUT2D eigenvalue weighted by atomic mass is 35.5. The Labute approximate surface area is 227 Å². The van der Waals surface area contributed by atoms with Crippen LogP contribution in [0, 0.1) is 18.8 Å². The zero-order valence-corrected chi connectivity index (χ0v) is 22.2. The molecular weight excluding hydrogens is 506 g/mol. The molecule has 8 nitrogen and oxygen atoms in total. The first-order valence-electron chi connectivity index (χ1n) is 13.4. The Kier molecular flexibility index (Phi) is 7.75. The standard InChI is InChI=1S/C29H34ClN3O5/c1-18-10-9-13-20(30)24(18)32-27(36)25-29-15-14-21(38-29)22(26(35)31-19-11-5-4-6-12-19)23(29)28(37)33(25)16-7-2-3-8-17-34/h4-6,9-13,21-23,25,34H,2-3,7-8,14-17H2,1H3,(H,31,35)(H,32,36)/t21-,22+,23+,25?,29?/m1/s1. The van der Waals surface area contributed by atoms with Crippen molar-refractivity contribution in [1.82, 2.24) is 4.90 Å². The van der Waals surface area contributed by atoms with Crippen LogP contribution in [0.15, 0.2) is 48.5 Å². The second kappa shape index (κ2) is 11.0. The number of aryl methyl sites for hydroxylation is 1. The molecule has 9 heteroatoms. The number of carbonyl (C=O) groups excluding carboxylic acids is 3. The first-order chi connectivity index (χ1) is 18.4. The number of carbonyl (C=O) groups is 3. The van der Waals surface area contributed by atoms with Crippen molar-refractivity contribution in [2.45, 2.75) is 63.2 Å². The second-order valence-corrected chi connectivity index (χ2v) is 10.9. The molecule has 1 spiro atoms. The van der Waals surface area contributed by atoms with Crippen molar-refractivity contribution in [2.75, 3.05) is 23.8 Å².